The number of carbonyl (C=O) groups is 3. The van der Waals surface area contributed by atoms with E-state index in [9.17, 15) is 29.7 Å². The first kappa shape index (κ1) is 26.1. The maximum absolute atomic E-state index is 13.8. The fraction of sp³-hybridized carbons (Fsp3) is 0.387. The summed E-state index contributed by atoms with van der Waals surface area (Å²) in [4.78, 5) is 39.7. The van der Waals surface area contributed by atoms with Crippen LogP contribution >= 0.6 is 0 Å². The number of aromatic hydroxyl groups is 3. The number of ketones is 3. The zero-order chi connectivity index (χ0) is 28.9. The molecule has 0 aromatic heterocycles. The molecule has 3 aromatic carbocycles. The Morgan fingerprint density at radius 1 is 0.805 bits per heavy atom. The number of carbonyl (C=O) groups excluding carboxylic acids is 3. The summed E-state index contributed by atoms with van der Waals surface area (Å²) in [5, 5.41) is 33.1. The van der Waals surface area contributed by atoms with E-state index in [0.29, 0.717) is 11.1 Å². The molecule has 41 heavy (non-hydrogen) atoms. The first-order valence-corrected chi connectivity index (χ1v) is 13.6. The highest BCUT2D eigenvalue weighted by Gasteiger charge is 2.50. The fourth-order valence-electron chi connectivity index (χ4n) is 6.63. The average molecular weight is 561 g/mol. The second-order valence-electron chi connectivity index (χ2n) is 11.3. The highest BCUT2D eigenvalue weighted by molar-refractivity contribution is 6.34. The lowest BCUT2D eigenvalue weighted by molar-refractivity contribution is -0.347. The highest BCUT2D eigenvalue weighted by atomic mass is 16.7. The van der Waals surface area contributed by atoms with Crippen molar-refractivity contribution in [3.8, 4) is 17.2 Å². The molecule has 3 aromatic rings. The van der Waals surface area contributed by atoms with E-state index in [0.717, 1.165) is 0 Å². The molecule has 212 valence electrons. The van der Waals surface area contributed by atoms with Crippen molar-refractivity contribution < 1.29 is 48.7 Å². The predicted molar refractivity (Wildman–Crippen MR) is 142 cm³/mol. The number of ether oxygens (including phenoxy) is 4. The Kier molecular flexibility index (Phi) is 5.78. The summed E-state index contributed by atoms with van der Waals surface area (Å²) < 4.78 is 24.3. The number of fused-ring (bicyclic) bond motifs is 6. The lowest BCUT2D eigenvalue weighted by Crippen LogP contribution is -2.60. The van der Waals surface area contributed by atoms with Crippen molar-refractivity contribution in [1.29, 1.82) is 0 Å². The second kappa shape index (κ2) is 9.09. The van der Waals surface area contributed by atoms with Crippen LogP contribution in [0.2, 0.25) is 0 Å². The van der Waals surface area contributed by atoms with Crippen LogP contribution in [0.25, 0.3) is 10.8 Å². The van der Waals surface area contributed by atoms with Crippen molar-refractivity contribution in [2.75, 3.05) is 0 Å². The molecule has 1 aliphatic carbocycles. The molecule has 10 nitrogen and oxygen atoms in total. The SMILES string of the molecule is Cc1cc(O)c2c3c(cc(O)c2c1)C(=O)c1c(ccc(C2CC4OC5CC(=O)C(C)OC5OC4C(C)O2)c1O)C3=O. The van der Waals surface area contributed by atoms with E-state index in [-0.39, 0.29) is 63.2 Å². The molecule has 3 heterocycles. The zero-order valence-electron chi connectivity index (χ0n) is 22.5. The van der Waals surface area contributed by atoms with Gasteiger partial charge < -0.3 is 34.3 Å². The van der Waals surface area contributed by atoms with Crippen LogP contribution in [0.4, 0.5) is 0 Å². The molecular formula is C31H28O10. The summed E-state index contributed by atoms with van der Waals surface area (Å²) in [6.45, 7) is 5.23. The molecule has 0 bridgehead atoms. The van der Waals surface area contributed by atoms with Crippen molar-refractivity contribution in [3.05, 3.63) is 63.7 Å². The Morgan fingerprint density at radius 3 is 2.34 bits per heavy atom. The van der Waals surface area contributed by atoms with Crippen molar-refractivity contribution in [3.63, 3.8) is 0 Å². The Morgan fingerprint density at radius 2 is 1.56 bits per heavy atom. The molecule has 7 rings (SSSR count). The number of phenolic OH excluding ortho intramolecular Hbond substituents is 3. The third-order valence-corrected chi connectivity index (χ3v) is 8.63. The molecule has 0 spiro atoms. The van der Waals surface area contributed by atoms with Gasteiger partial charge in [0.2, 0.25) is 0 Å². The molecule has 3 aliphatic heterocycles. The van der Waals surface area contributed by atoms with Crippen LogP contribution in [0.15, 0.2) is 30.3 Å². The number of hydrogen-bond donors (Lipinski definition) is 3. The zero-order valence-corrected chi connectivity index (χ0v) is 22.5. The van der Waals surface area contributed by atoms with E-state index in [1.165, 1.54) is 18.2 Å². The van der Waals surface area contributed by atoms with Gasteiger partial charge in [0, 0.05) is 45.9 Å². The Hall–Kier alpha value is -3.83. The van der Waals surface area contributed by atoms with Crippen LogP contribution in [0.3, 0.4) is 0 Å². The third-order valence-electron chi connectivity index (χ3n) is 8.63. The van der Waals surface area contributed by atoms with Gasteiger partial charge >= 0.3 is 0 Å². The lowest BCUT2D eigenvalue weighted by Gasteiger charge is -2.49. The largest absolute Gasteiger partial charge is 0.507 e. The van der Waals surface area contributed by atoms with Crippen molar-refractivity contribution in [2.45, 2.75) is 76.5 Å². The van der Waals surface area contributed by atoms with Gasteiger partial charge in [0.05, 0.1) is 23.9 Å². The van der Waals surface area contributed by atoms with E-state index in [2.05, 4.69) is 0 Å². The number of benzene rings is 3. The summed E-state index contributed by atoms with van der Waals surface area (Å²) in [5.74, 6) is -2.16. The molecule has 7 unspecified atom stereocenters. The minimum absolute atomic E-state index is 0.00970. The normalized spacial score (nSPS) is 30.9. The van der Waals surface area contributed by atoms with Crippen molar-refractivity contribution in [1.82, 2.24) is 0 Å². The predicted octanol–water partition coefficient (Wildman–Crippen LogP) is 3.75. The van der Waals surface area contributed by atoms with Gasteiger partial charge in [0.25, 0.3) is 0 Å². The molecule has 10 heteroatoms. The number of phenols is 3. The molecule has 0 amide bonds. The van der Waals surface area contributed by atoms with Crippen molar-refractivity contribution in [2.24, 2.45) is 0 Å². The van der Waals surface area contributed by atoms with Gasteiger partial charge in [-0.15, -0.1) is 0 Å². The van der Waals surface area contributed by atoms with Crippen LogP contribution in [0.5, 0.6) is 17.2 Å². The Bertz CT molecular complexity index is 1680. The summed E-state index contributed by atoms with van der Waals surface area (Å²) >= 11 is 0. The smallest absolute Gasteiger partial charge is 0.198 e. The first-order valence-electron chi connectivity index (χ1n) is 13.6. The molecule has 7 atom stereocenters. The minimum Gasteiger partial charge on any atom is -0.507 e. The van der Waals surface area contributed by atoms with E-state index >= 15 is 0 Å². The Balaban J connectivity index is 1.25. The molecule has 0 saturated carbocycles. The maximum Gasteiger partial charge on any atom is 0.198 e. The summed E-state index contributed by atoms with van der Waals surface area (Å²) in [6.07, 6.45) is -3.46. The van der Waals surface area contributed by atoms with Gasteiger partial charge in [-0.3, -0.25) is 14.4 Å². The Labute approximate surface area is 234 Å². The third kappa shape index (κ3) is 3.82. The molecular weight excluding hydrogens is 532 g/mol. The monoisotopic (exact) mass is 560 g/mol. The van der Waals surface area contributed by atoms with Gasteiger partial charge in [-0.1, -0.05) is 6.07 Å². The molecule has 0 radical (unpaired) electrons. The maximum atomic E-state index is 13.8. The van der Waals surface area contributed by atoms with Crippen molar-refractivity contribution >= 4 is 28.1 Å². The van der Waals surface area contributed by atoms with Gasteiger partial charge in [0.1, 0.15) is 35.6 Å². The number of Topliss-reactive ketones (excluding diaryl/α,β-unsaturated/α-hetero) is 1. The average Bonchev–Trinajstić information content (AvgIpc) is 2.91. The van der Waals surface area contributed by atoms with Gasteiger partial charge in [-0.2, -0.15) is 0 Å². The second-order valence-corrected chi connectivity index (χ2v) is 11.3. The van der Waals surface area contributed by atoms with E-state index in [1.54, 1.807) is 26.0 Å². The van der Waals surface area contributed by atoms with E-state index in [4.69, 9.17) is 18.9 Å². The summed E-state index contributed by atoms with van der Waals surface area (Å²) in [6, 6.07) is 7.31. The number of rotatable bonds is 1. The number of hydrogen-bond acceptors (Lipinski definition) is 10. The molecule has 3 saturated heterocycles. The van der Waals surface area contributed by atoms with Crippen LogP contribution in [0.1, 0.15) is 75.8 Å². The van der Waals surface area contributed by atoms with Gasteiger partial charge in [-0.05, 0) is 50.6 Å². The summed E-state index contributed by atoms with van der Waals surface area (Å²) in [5.41, 5.74) is 0.646. The molecule has 3 N–H and O–H groups in total. The van der Waals surface area contributed by atoms with Gasteiger partial charge in [0.15, 0.2) is 23.6 Å². The van der Waals surface area contributed by atoms with Crippen LogP contribution in [-0.2, 0) is 23.7 Å². The minimum atomic E-state index is -0.697. The van der Waals surface area contributed by atoms with Gasteiger partial charge in [-0.25, -0.2) is 0 Å². The number of aryl methyl sites for hydroxylation is 1. The molecule has 3 fully saturated rings. The van der Waals surface area contributed by atoms with E-state index < -0.39 is 60.2 Å². The standard InChI is InChI=1S/C31H28O10/c1-11-6-16-19(33)8-17-25(24(16)20(34)7-11)28(36)15-5-4-14(27(35)26(15)29(17)37)21-10-22-30(13(3)38-21)41-31-23(40-22)9-18(32)12(2)39-31/h4-8,12-13,21-23,30-31,33-35H,9-10H2,1-3H3. The summed E-state index contributed by atoms with van der Waals surface area (Å²) in [7, 11) is 0. The first-order chi connectivity index (χ1) is 19.5. The van der Waals surface area contributed by atoms with Crippen LogP contribution < -0.4 is 0 Å². The van der Waals surface area contributed by atoms with E-state index in [1.807, 2.05) is 6.92 Å². The quantitative estimate of drug-likeness (QED) is 0.314. The van der Waals surface area contributed by atoms with Crippen LogP contribution in [0, 0.1) is 6.92 Å². The fourth-order valence-corrected chi connectivity index (χ4v) is 6.63. The van der Waals surface area contributed by atoms with Crippen LogP contribution in [-0.4, -0.2) is 69.5 Å². The topological polar surface area (TPSA) is 149 Å². The highest BCUT2D eigenvalue weighted by Crippen LogP contribution is 2.47. The lowest BCUT2D eigenvalue weighted by atomic mass is 9.79. The molecule has 4 aliphatic rings.